The first-order valence-corrected chi connectivity index (χ1v) is 8.94. The summed E-state index contributed by atoms with van der Waals surface area (Å²) in [7, 11) is 1.61. The van der Waals surface area contributed by atoms with E-state index in [2.05, 4.69) is 4.98 Å². The van der Waals surface area contributed by atoms with Crippen LogP contribution in [0.4, 0.5) is 0 Å². The van der Waals surface area contributed by atoms with Crippen molar-refractivity contribution >= 4 is 22.8 Å². The Morgan fingerprint density at radius 2 is 2.15 bits per heavy atom. The smallest absolute Gasteiger partial charge is 0.303 e. The summed E-state index contributed by atoms with van der Waals surface area (Å²) < 4.78 is 5.23. The number of likely N-dealkylation sites (tertiary alicyclic amines) is 1. The maximum atomic E-state index is 13.0. The molecule has 1 saturated heterocycles. The fourth-order valence-electron chi connectivity index (χ4n) is 3.57. The number of pyridine rings is 1. The van der Waals surface area contributed by atoms with Gasteiger partial charge in [-0.1, -0.05) is 0 Å². The van der Waals surface area contributed by atoms with E-state index in [0.717, 1.165) is 29.5 Å². The van der Waals surface area contributed by atoms with E-state index in [9.17, 15) is 9.59 Å². The van der Waals surface area contributed by atoms with Crippen molar-refractivity contribution in [1.82, 2.24) is 9.88 Å². The molecule has 1 unspecified atom stereocenters. The highest BCUT2D eigenvalue weighted by Crippen LogP contribution is 2.25. The van der Waals surface area contributed by atoms with E-state index in [0.29, 0.717) is 30.8 Å². The van der Waals surface area contributed by atoms with Crippen molar-refractivity contribution in [2.45, 2.75) is 32.6 Å². The van der Waals surface area contributed by atoms with E-state index in [-0.39, 0.29) is 18.2 Å². The molecule has 1 fully saturated rings. The van der Waals surface area contributed by atoms with Crippen molar-refractivity contribution in [2.75, 3.05) is 20.2 Å². The third-order valence-corrected chi connectivity index (χ3v) is 5.02. The summed E-state index contributed by atoms with van der Waals surface area (Å²) in [6.45, 7) is 3.17. The Kier molecular flexibility index (Phi) is 5.40. The van der Waals surface area contributed by atoms with Gasteiger partial charge in [0.05, 0.1) is 23.9 Å². The van der Waals surface area contributed by atoms with Gasteiger partial charge in [-0.2, -0.15) is 0 Å². The van der Waals surface area contributed by atoms with E-state index in [1.165, 1.54) is 0 Å². The average molecular weight is 356 g/mol. The summed E-state index contributed by atoms with van der Waals surface area (Å²) in [6, 6.07) is 7.51. The quantitative estimate of drug-likeness (QED) is 0.889. The Hall–Kier alpha value is -2.63. The number of benzene rings is 1. The number of piperidine rings is 1. The van der Waals surface area contributed by atoms with Crippen molar-refractivity contribution in [3.05, 3.63) is 35.5 Å². The molecule has 1 aliphatic rings. The summed E-state index contributed by atoms with van der Waals surface area (Å²) >= 11 is 0. The van der Waals surface area contributed by atoms with Crippen LogP contribution in [0.2, 0.25) is 0 Å². The molecule has 0 aliphatic carbocycles. The molecule has 1 aromatic heterocycles. The van der Waals surface area contributed by atoms with Crippen LogP contribution in [0.5, 0.6) is 5.75 Å². The van der Waals surface area contributed by atoms with E-state index in [4.69, 9.17) is 9.84 Å². The SMILES string of the molecule is COc1ccc2cc(C(=O)N3CCCC(CCC(=O)O)C3)c(C)nc2c1. The standard InChI is InChI=1S/C20H24N2O4/c1-13-17(10-15-6-7-16(26-2)11-18(15)21-13)20(25)22-9-3-4-14(12-22)5-8-19(23)24/h6-7,10-11,14H,3-5,8-9,12H2,1-2H3,(H,23,24). The Bertz CT molecular complexity index is 834. The predicted molar refractivity (Wildman–Crippen MR) is 98.5 cm³/mol. The van der Waals surface area contributed by atoms with Gasteiger partial charge in [0.2, 0.25) is 0 Å². The molecule has 6 nitrogen and oxygen atoms in total. The number of carboxylic acids is 1. The van der Waals surface area contributed by atoms with Crippen LogP contribution in [0.15, 0.2) is 24.3 Å². The van der Waals surface area contributed by atoms with Gasteiger partial charge >= 0.3 is 5.97 Å². The molecule has 6 heteroatoms. The fraction of sp³-hybridized carbons (Fsp3) is 0.450. The highest BCUT2D eigenvalue weighted by atomic mass is 16.5. The third kappa shape index (κ3) is 3.95. The number of rotatable bonds is 5. The van der Waals surface area contributed by atoms with Crippen molar-refractivity contribution in [2.24, 2.45) is 5.92 Å². The molecule has 0 bridgehead atoms. The minimum absolute atomic E-state index is 0.0206. The normalized spacial score (nSPS) is 17.3. The van der Waals surface area contributed by atoms with E-state index in [1.54, 1.807) is 7.11 Å². The molecule has 1 amide bonds. The van der Waals surface area contributed by atoms with Crippen LogP contribution in [-0.4, -0.2) is 47.1 Å². The lowest BCUT2D eigenvalue weighted by Gasteiger charge is -2.33. The van der Waals surface area contributed by atoms with Gasteiger partial charge in [-0.25, -0.2) is 0 Å². The summed E-state index contributed by atoms with van der Waals surface area (Å²) in [4.78, 5) is 30.2. The minimum Gasteiger partial charge on any atom is -0.497 e. The number of aryl methyl sites for hydroxylation is 1. The zero-order chi connectivity index (χ0) is 18.7. The largest absolute Gasteiger partial charge is 0.497 e. The number of hydrogen-bond donors (Lipinski definition) is 1. The number of aliphatic carboxylic acids is 1. The van der Waals surface area contributed by atoms with Crippen LogP contribution in [0.3, 0.4) is 0 Å². The number of fused-ring (bicyclic) bond motifs is 1. The van der Waals surface area contributed by atoms with Crippen molar-refractivity contribution < 1.29 is 19.4 Å². The molecule has 3 rings (SSSR count). The minimum atomic E-state index is -0.779. The number of nitrogens with zero attached hydrogens (tertiary/aromatic N) is 2. The number of aromatic nitrogens is 1. The van der Waals surface area contributed by atoms with Gasteiger partial charge in [-0.3, -0.25) is 14.6 Å². The molecule has 1 atom stereocenters. The molecule has 26 heavy (non-hydrogen) atoms. The molecule has 0 saturated carbocycles. The lowest BCUT2D eigenvalue weighted by Crippen LogP contribution is -2.40. The number of amides is 1. The second-order valence-corrected chi connectivity index (χ2v) is 6.87. The fourth-order valence-corrected chi connectivity index (χ4v) is 3.57. The molecule has 0 radical (unpaired) electrons. The average Bonchev–Trinajstić information content (AvgIpc) is 2.65. The molecule has 2 aromatic rings. The van der Waals surface area contributed by atoms with Gasteiger partial charge in [0.25, 0.3) is 5.91 Å². The van der Waals surface area contributed by atoms with E-state index in [1.807, 2.05) is 36.1 Å². The van der Waals surface area contributed by atoms with Crippen LogP contribution < -0.4 is 4.74 Å². The van der Waals surface area contributed by atoms with Crippen LogP contribution >= 0.6 is 0 Å². The van der Waals surface area contributed by atoms with Gasteiger partial charge in [-0.15, -0.1) is 0 Å². The zero-order valence-electron chi connectivity index (χ0n) is 15.2. The van der Waals surface area contributed by atoms with Crippen molar-refractivity contribution in [3.8, 4) is 5.75 Å². The van der Waals surface area contributed by atoms with Gasteiger partial charge in [0.1, 0.15) is 5.75 Å². The van der Waals surface area contributed by atoms with Crippen molar-refractivity contribution in [3.63, 3.8) is 0 Å². The van der Waals surface area contributed by atoms with Crippen LogP contribution in [0.1, 0.15) is 41.7 Å². The summed E-state index contributed by atoms with van der Waals surface area (Å²) in [6.07, 6.45) is 2.66. The molecule has 138 valence electrons. The van der Waals surface area contributed by atoms with Gasteiger partial charge in [0, 0.05) is 31.0 Å². The first-order valence-electron chi connectivity index (χ1n) is 8.94. The second-order valence-electron chi connectivity index (χ2n) is 6.87. The maximum Gasteiger partial charge on any atom is 0.303 e. The third-order valence-electron chi connectivity index (χ3n) is 5.02. The molecular formula is C20H24N2O4. The summed E-state index contributed by atoms with van der Waals surface area (Å²) in [5, 5.41) is 9.78. The monoisotopic (exact) mass is 356 g/mol. The Balaban J connectivity index is 1.80. The van der Waals surface area contributed by atoms with Crippen LogP contribution in [0.25, 0.3) is 10.9 Å². The zero-order valence-corrected chi connectivity index (χ0v) is 15.2. The number of hydrogen-bond acceptors (Lipinski definition) is 4. The van der Waals surface area contributed by atoms with Crippen molar-refractivity contribution in [1.29, 1.82) is 0 Å². The Morgan fingerprint density at radius 3 is 2.88 bits per heavy atom. The molecule has 2 heterocycles. The van der Waals surface area contributed by atoms with E-state index < -0.39 is 5.97 Å². The Labute approximate surface area is 152 Å². The molecule has 1 aliphatic heterocycles. The summed E-state index contributed by atoms with van der Waals surface area (Å²) in [5.41, 5.74) is 2.11. The molecule has 1 aromatic carbocycles. The second kappa shape index (κ2) is 7.72. The molecule has 0 spiro atoms. The van der Waals surface area contributed by atoms with E-state index >= 15 is 0 Å². The first-order chi connectivity index (χ1) is 12.5. The van der Waals surface area contributed by atoms with Gasteiger partial charge in [0.15, 0.2) is 0 Å². The highest BCUT2D eigenvalue weighted by Gasteiger charge is 2.26. The first kappa shape index (κ1) is 18.2. The van der Waals surface area contributed by atoms with Gasteiger partial charge < -0.3 is 14.7 Å². The summed E-state index contributed by atoms with van der Waals surface area (Å²) in [5.74, 6) is 0.189. The number of carbonyl (C=O) groups excluding carboxylic acids is 1. The van der Waals surface area contributed by atoms with Crippen LogP contribution in [-0.2, 0) is 4.79 Å². The topological polar surface area (TPSA) is 79.7 Å². The Morgan fingerprint density at radius 1 is 1.35 bits per heavy atom. The number of carboxylic acid groups (broad SMARTS) is 1. The number of carbonyl (C=O) groups is 2. The highest BCUT2D eigenvalue weighted by molar-refractivity contribution is 5.98. The number of methoxy groups -OCH3 is 1. The number of ether oxygens (including phenoxy) is 1. The van der Waals surface area contributed by atoms with Crippen LogP contribution in [0, 0.1) is 12.8 Å². The predicted octanol–water partition coefficient (Wildman–Crippen LogP) is 3.27. The maximum absolute atomic E-state index is 13.0. The molecule has 1 N–H and O–H groups in total. The van der Waals surface area contributed by atoms with Gasteiger partial charge in [-0.05, 0) is 50.3 Å². The lowest BCUT2D eigenvalue weighted by atomic mass is 9.93. The lowest BCUT2D eigenvalue weighted by molar-refractivity contribution is -0.137. The molecular weight excluding hydrogens is 332 g/mol.